The summed E-state index contributed by atoms with van der Waals surface area (Å²) < 4.78 is 10.0. The molecule has 2 atom stereocenters. The Hall–Kier alpha value is -1.39. The van der Waals surface area contributed by atoms with Crippen LogP contribution in [-0.4, -0.2) is 30.4 Å². The van der Waals surface area contributed by atoms with E-state index in [0.29, 0.717) is 12.8 Å². The number of hydrogen-bond donors (Lipinski definition) is 0. The molecule has 0 amide bonds. The molecule has 0 saturated heterocycles. The van der Waals surface area contributed by atoms with Gasteiger partial charge in [-0.2, -0.15) is 0 Å². The van der Waals surface area contributed by atoms with Crippen molar-refractivity contribution in [2.75, 3.05) is 7.11 Å². The standard InChI is InChI=1S/C14H20O5/c1-14(2,3)19-13(17)9-7-5-8(6-7)11(15)10(9)12(16)18-4/h7-10H,5-6H2,1-4H3. The van der Waals surface area contributed by atoms with E-state index in [0.717, 1.165) is 0 Å². The molecule has 19 heavy (non-hydrogen) atoms. The van der Waals surface area contributed by atoms with E-state index in [2.05, 4.69) is 4.74 Å². The third-order valence-corrected chi connectivity index (χ3v) is 3.88. The summed E-state index contributed by atoms with van der Waals surface area (Å²) >= 11 is 0. The second kappa shape index (κ2) is 4.62. The van der Waals surface area contributed by atoms with Gasteiger partial charge in [0, 0.05) is 5.92 Å². The lowest BCUT2D eigenvalue weighted by Crippen LogP contribution is -2.55. The Morgan fingerprint density at radius 3 is 2.21 bits per heavy atom. The average molecular weight is 268 g/mol. The Bertz CT molecular complexity index is 414. The molecule has 0 aliphatic heterocycles. The Morgan fingerprint density at radius 1 is 1.16 bits per heavy atom. The highest BCUT2D eigenvalue weighted by Crippen LogP contribution is 2.50. The van der Waals surface area contributed by atoms with Crippen LogP contribution >= 0.6 is 0 Å². The van der Waals surface area contributed by atoms with Gasteiger partial charge in [-0.3, -0.25) is 14.4 Å². The number of Topliss-reactive ketones (excluding diaryl/α,β-unsaturated/α-hetero) is 1. The molecule has 0 spiro atoms. The minimum atomic E-state index is -0.975. The first-order valence-corrected chi connectivity index (χ1v) is 6.59. The largest absolute Gasteiger partial charge is 0.468 e. The van der Waals surface area contributed by atoms with Crippen LogP contribution in [0.1, 0.15) is 33.6 Å². The second-order valence-corrected chi connectivity index (χ2v) is 6.39. The minimum absolute atomic E-state index is 0.0710. The molecule has 0 N–H and O–H groups in total. The van der Waals surface area contributed by atoms with Crippen LogP contribution in [0.25, 0.3) is 0 Å². The summed E-state index contributed by atoms with van der Waals surface area (Å²) in [6.45, 7) is 5.31. The summed E-state index contributed by atoms with van der Waals surface area (Å²) in [5.41, 5.74) is -0.624. The molecule has 0 aromatic carbocycles. The first-order chi connectivity index (χ1) is 8.74. The minimum Gasteiger partial charge on any atom is -0.468 e. The van der Waals surface area contributed by atoms with Crippen molar-refractivity contribution >= 4 is 17.7 Å². The van der Waals surface area contributed by atoms with Gasteiger partial charge < -0.3 is 9.47 Å². The van der Waals surface area contributed by atoms with Gasteiger partial charge in [0.25, 0.3) is 0 Å². The normalized spacial score (nSPS) is 33.4. The topological polar surface area (TPSA) is 69.7 Å². The molecule has 0 radical (unpaired) electrons. The zero-order chi connectivity index (χ0) is 14.4. The van der Waals surface area contributed by atoms with Gasteiger partial charge in [-0.05, 0) is 39.5 Å². The molecule has 5 heteroatoms. The third-order valence-electron chi connectivity index (χ3n) is 3.88. The van der Waals surface area contributed by atoms with E-state index in [1.165, 1.54) is 7.11 Å². The Morgan fingerprint density at radius 2 is 1.74 bits per heavy atom. The summed E-state index contributed by atoms with van der Waals surface area (Å²) in [4.78, 5) is 36.2. The summed E-state index contributed by atoms with van der Waals surface area (Å²) in [7, 11) is 1.24. The molecule has 3 aliphatic carbocycles. The second-order valence-electron chi connectivity index (χ2n) is 6.39. The molecular formula is C14H20O5. The molecule has 0 aromatic heterocycles. The maximum atomic E-state index is 12.2. The highest BCUT2D eigenvalue weighted by atomic mass is 16.6. The first kappa shape index (κ1) is 14.0. The number of ether oxygens (including phenoxy) is 2. The monoisotopic (exact) mass is 268 g/mol. The zero-order valence-electron chi connectivity index (χ0n) is 11.8. The maximum absolute atomic E-state index is 12.2. The Kier molecular flexibility index (Phi) is 3.41. The van der Waals surface area contributed by atoms with E-state index in [1.807, 2.05) is 0 Å². The lowest BCUT2D eigenvalue weighted by molar-refractivity contribution is -0.182. The number of carbonyl (C=O) groups excluding carboxylic acids is 3. The van der Waals surface area contributed by atoms with Gasteiger partial charge in [-0.15, -0.1) is 0 Å². The summed E-state index contributed by atoms with van der Waals surface area (Å²) in [6, 6.07) is 0. The third kappa shape index (κ3) is 2.51. The highest BCUT2D eigenvalue weighted by Gasteiger charge is 2.58. The van der Waals surface area contributed by atoms with Crippen molar-refractivity contribution in [3.63, 3.8) is 0 Å². The molecule has 3 rings (SSSR count). The summed E-state index contributed by atoms with van der Waals surface area (Å²) in [5.74, 6) is -2.89. The van der Waals surface area contributed by atoms with Crippen LogP contribution in [0.3, 0.4) is 0 Å². The van der Waals surface area contributed by atoms with Gasteiger partial charge in [-0.1, -0.05) is 0 Å². The molecule has 2 unspecified atom stereocenters. The van der Waals surface area contributed by atoms with E-state index in [9.17, 15) is 14.4 Å². The van der Waals surface area contributed by atoms with Crippen molar-refractivity contribution in [2.24, 2.45) is 23.7 Å². The fourth-order valence-electron chi connectivity index (χ4n) is 2.98. The number of rotatable bonds is 2. The fourth-order valence-corrected chi connectivity index (χ4v) is 2.98. The molecule has 106 valence electrons. The van der Waals surface area contributed by atoms with Gasteiger partial charge >= 0.3 is 11.9 Å². The number of carbonyl (C=O) groups is 3. The van der Waals surface area contributed by atoms with Gasteiger partial charge in [-0.25, -0.2) is 0 Å². The van der Waals surface area contributed by atoms with Crippen LogP contribution in [0, 0.1) is 23.7 Å². The molecular weight excluding hydrogens is 248 g/mol. The van der Waals surface area contributed by atoms with E-state index in [1.54, 1.807) is 20.8 Å². The zero-order valence-corrected chi connectivity index (χ0v) is 11.8. The van der Waals surface area contributed by atoms with Crippen molar-refractivity contribution in [3.8, 4) is 0 Å². The van der Waals surface area contributed by atoms with Crippen LogP contribution in [0.15, 0.2) is 0 Å². The van der Waals surface area contributed by atoms with Gasteiger partial charge in [0.1, 0.15) is 11.5 Å². The van der Waals surface area contributed by atoms with Crippen molar-refractivity contribution in [1.82, 2.24) is 0 Å². The van der Waals surface area contributed by atoms with Crippen LogP contribution in [0.5, 0.6) is 0 Å². The van der Waals surface area contributed by atoms with Gasteiger partial charge in [0.05, 0.1) is 13.0 Å². The molecule has 3 fully saturated rings. The highest BCUT2D eigenvalue weighted by molar-refractivity contribution is 6.05. The molecule has 0 aromatic rings. The predicted octanol–water partition coefficient (Wildman–Crippen LogP) is 1.34. The number of esters is 2. The SMILES string of the molecule is COC(=O)C1C(=O)C2CC(C2)C1C(=O)OC(C)(C)C. The lowest BCUT2D eigenvalue weighted by atomic mass is 9.55. The van der Waals surface area contributed by atoms with Crippen LogP contribution in [0.2, 0.25) is 0 Å². The number of fused-ring (bicyclic) bond motifs is 2. The molecule has 3 saturated carbocycles. The van der Waals surface area contributed by atoms with Gasteiger partial charge in [0.2, 0.25) is 0 Å². The van der Waals surface area contributed by atoms with E-state index in [-0.39, 0.29) is 17.6 Å². The Balaban J connectivity index is 2.21. The van der Waals surface area contributed by atoms with Crippen LogP contribution in [0.4, 0.5) is 0 Å². The Labute approximate surface area is 112 Å². The van der Waals surface area contributed by atoms with Crippen molar-refractivity contribution < 1.29 is 23.9 Å². The molecule has 5 nitrogen and oxygen atoms in total. The number of ketones is 1. The maximum Gasteiger partial charge on any atom is 0.317 e. The van der Waals surface area contributed by atoms with Gasteiger partial charge in [0.15, 0.2) is 5.78 Å². The van der Waals surface area contributed by atoms with Crippen molar-refractivity contribution in [2.45, 2.75) is 39.2 Å². The van der Waals surface area contributed by atoms with Crippen molar-refractivity contribution in [3.05, 3.63) is 0 Å². The summed E-state index contributed by atoms with van der Waals surface area (Å²) in [6.07, 6.45) is 1.38. The number of methoxy groups -OCH3 is 1. The lowest BCUT2D eigenvalue weighted by Gasteiger charge is -2.47. The van der Waals surface area contributed by atoms with E-state index in [4.69, 9.17) is 4.74 Å². The smallest absolute Gasteiger partial charge is 0.317 e. The van der Waals surface area contributed by atoms with E-state index < -0.39 is 29.4 Å². The molecule has 3 aliphatic rings. The predicted molar refractivity (Wildman–Crippen MR) is 66.1 cm³/mol. The number of hydrogen-bond acceptors (Lipinski definition) is 5. The fraction of sp³-hybridized carbons (Fsp3) is 0.786. The first-order valence-electron chi connectivity index (χ1n) is 6.59. The molecule has 0 heterocycles. The summed E-state index contributed by atoms with van der Waals surface area (Å²) in [5, 5.41) is 0. The quantitative estimate of drug-likeness (QED) is 0.558. The van der Waals surface area contributed by atoms with Crippen LogP contribution < -0.4 is 0 Å². The van der Waals surface area contributed by atoms with Crippen molar-refractivity contribution in [1.29, 1.82) is 0 Å². The molecule has 2 bridgehead atoms. The average Bonchev–Trinajstić information content (AvgIpc) is 2.23. The van der Waals surface area contributed by atoms with Crippen LogP contribution in [-0.2, 0) is 23.9 Å². The van der Waals surface area contributed by atoms with E-state index >= 15 is 0 Å².